The molecule has 2 aromatic carbocycles. The van der Waals surface area contributed by atoms with E-state index in [1.807, 2.05) is 88.4 Å². The van der Waals surface area contributed by atoms with Gasteiger partial charge in [0.15, 0.2) is 0 Å². The standard InChI is InChI=1S/C31H45NO5/c1-22(19-24(3)31(34)32(6)25(4)29(33)28-16-12-9-13-17-28)18-23(2)30(35-7)26(5)37-21-36-20-27-14-10-8-11-15-27/h8-18,23-26,29-30,33H,19-21H2,1-7H3/b22-18+/t23-,24-,25+,26+,29-,30+/m0/s1. The molecule has 0 radical (unpaired) electrons. The number of amides is 1. The molecule has 0 saturated carbocycles. The smallest absolute Gasteiger partial charge is 0.225 e. The van der Waals surface area contributed by atoms with Gasteiger partial charge in [-0.15, -0.1) is 0 Å². The first-order valence-corrected chi connectivity index (χ1v) is 13.1. The average molecular weight is 512 g/mol. The van der Waals surface area contributed by atoms with Crippen LogP contribution in [-0.4, -0.2) is 55.1 Å². The molecule has 6 heteroatoms. The van der Waals surface area contributed by atoms with Crippen molar-refractivity contribution >= 4 is 5.91 Å². The Morgan fingerprint density at radius 3 is 2.19 bits per heavy atom. The number of carbonyl (C=O) groups is 1. The number of hydrogen-bond donors (Lipinski definition) is 1. The predicted molar refractivity (Wildman–Crippen MR) is 148 cm³/mol. The van der Waals surface area contributed by atoms with Crippen molar-refractivity contribution in [2.75, 3.05) is 21.0 Å². The van der Waals surface area contributed by atoms with Crippen molar-refractivity contribution in [2.45, 2.75) is 72.0 Å². The van der Waals surface area contributed by atoms with E-state index in [1.54, 1.807) is 19.1 Å². The molecule has 0 aliphatic heterocycles. The summed E-state index contributed by atoms with van der Waals surface area (Å²) < 4.78 is 17.3. The highest BCUT2D eigenvalue weighted by atomic mass is 16.7. The highest BCUT2D eigenvalue weighted by molar-refractivity contribution is 5.78. The average Bonchev–Trinajstić information content (AvgIpc) is 2.90. The molecule has 0 unspecified atom stereocenters. The normalized spacial score (nSPS) is 16.9. The monoisotopic (exact) mass is 511 g/mol. The van der Waals surface area contributed by atoms with Crippen LogP contribution in [0.2, 0.25) is 0 Å². The zero-order valence-electron chi connectivity index (χ0n) is 23.5. The molecular weight excluding hydrogens is 466 g/mol. The Morgan fingerprint density at radius 1 is 1.00 bits per heavy atom. The van der Waals surface area contributed by atoms with E-state index in [2.05, 4.69) is 13.0 Å². The molecule has 1 amide bonds. The van der Waals surface area contributed by atoms with Gasteiger partial charge in [0, 0.05) is 26.0 Å². The van der Waals surface area contributed by atoms with E-state index < -0.39 is 6.10 Å². The van der Waals surface area contributed by atoms with Crippen LogP contribution in [0.4, 0.5) is 0 Å². The topological polar surface area (TPSA) is 68.2 Å². The van der Waals surface area contributed by atoms with Crippen LogP contribution >= 0.6 is 0 Å². The summed E-state index contributed by atoms with van der Waals surface area (Å²) in [4.78, 5) is 14.8. The van der Waals surface area contributed by atoms with Crippen LogP contribution in [0.25, 0.3) is 0 Å². The molecule has 0 aromatic heterocycles. The van der Waals surface area contributed by atoms with E-state index in [-0.39, 0.29) is 42.8 Å². The second-order valence-corrected chi connectivity index (χ2v) is 10.0. The van der Waals surface area contributed by atoms with Gasteiger partial charge >= 0.3 is 0 Å². The number of ether oxygens (including phenoxy) is 3. The van der Waals surface area contributed by atoms with Crippen LogP contribution in [0.3, 0.4) is 0 Å². The molecule has 204 valence electrons. The van der Waals surface area contributed by atoms with E-state index in [0.717, 1.165) is 16.7 Å². The molecule has 1 N–H and O–H groups in total. The van der Waals surface area contributed by atoms with E-state index in [1.165, 1.54) is 0 Å². The lowest BCUT2D eigenvalue weighted by Crippen LogP contribution is -2.41. The second-order valence-electron chi connectivity index (χ2n) is 10.0. The van der Waals surface area contributed by atoms with Gasteiger partial charge in [-0.3, -0.25) is 4.79 Å². The van der Waals surface area contributed by atoms with Crippen molar-refractivity contribution in [1.29, 1.82) is 0 Å². The molecule has 0 aliphatic rings. The van der Waals surface area contributed by atoms with Gasteiger partial charge < -0.3 is 24.2 Å². The zero-order chi connectivity index (χ0) is 27.4. The fourth-order valence-corrected chi connectivity index (χ4v) is 4.69. The Balaban J connectivity index is 1.86. The number of likely N-dealkylation sites (N-methyl/N-ethyl adjacent to an activating group) is 1. The van der Waals surface area contributed by atoms with Crippen LogP contribution in [-0.2, 0) is 25.6 Å². The lowest BCUT2D eigenvalue weighted by Gasteiger charge is -2.31. The maximum Gasteiger partial charge on any atom is 0.225 e. The van der Waals surface area contributed by atoms with E-state index in [4.69, 9.17) is 14.2 Å². The number of rotatable bonds is 15. The molecule has 2 rings (SSSR count). The minimum absolute atomic E-state index is 0.0124. The summed E-state index contributed by atoms with van der Waals surface area (Å²) in [6, 6.07) is 19.1. The molecule has 37 heavy (non-hydrogen) atoms. The summed E-state index contributed by atoms with van der Waals surface area (Å²) >= 11 is 0. The maximum absolute atomic E-state index is 13.1. The lowest BCUT2D eigenvalue weighted by atomic mass is 9.93. The quantitative estimate of drug-likeness (QED) is 0.187. The third-order valence-electron chi connectivity index (χ3n) is 6.93. The second kappa shape index (κ2) is 15.7. The van der Waals surface area contributed by atoms with Crippen LogP contribution in [0.1, 0.15) is 58.3 Å². The molecule has 0 bridgehead atoms. The first kappa shape index (κ1) is 30.7. The first-order valence-electron chi connectivity index (χ1n) is 13.1. The van der Waals surface area contributed by atoms with E-state index in [0.29, 0.717) is 13.0 Å². The highest BCUT2D eigenvalue weighted by Crippen LogP contribution is 2.24. The number of benzene rings is 2. The van der Waals surface area contributed by atoms with Crippen molar-refractivity contribution in [3.05, 3.63) is 83.4 Å². The number of carbonyl (C=O) groups excluding carboxylic acids is 1. The van der Waals surface area contributed by atoms with Crippen molar-refractivity contribution in [1.82, 2.24) is 4.90 Å². The molecule has 6 atom stereocenters. The Labute approximate surface area is 223 Å². The minimum atomic E-state index is -0.736. The number of aliphatic hydroxyl groups excluding tert-OH is 1. The maximum atomic E-state index is 13.1. The summed E-state index contributed by atoms with van der Waals surface area (Å²) in [5.74, 6) is -0.105. The zero-order valence-corrected chi connectivity index (χ0v) is 23.5. The van der Waals surface area contributed by atoms with Gasteiger partial charge in [-0.25, -0.2) is 0 Å². The number of nitrogens with zero attached hydrogens (tertiary/aromatic N) is 1. The molecule has 0 heterocycles. The Kier molecular flexibility index (Phi) is 13.0. The third-order valence-corrected chi connectivity index (χ3v) is 6.93. The number of allylic oxidation sites excluding steroid dienone is 1. The van der Waals surface area contributed by atoms with Gasteiger partial charge in [-0.05, 0) is 38.3 Å². The van der Waals surface area contributed by atoms with Gasteiger partial charge in [-0.1, -0.05) is 86.2 Å². The molecule has 0 saturated heterocycles. The molecule has 0 aliphatic carbocycles. The summed E-state index contributed by atoms with van der Waals surface area (Å²) in [5, 5.41) is 10.7. The lowest BCUT2D eigenvalue weighted by molar-refractivity contribution is -0.137. The van der Waals surface area contributed by atoms with Gasteiger partial charge in [0.2, 0.25) is 5.91 Å². The van der Waals surface area contributed by atoms with E-state index >= 15 is 0 Å². The predicted octanol–water partition coefficient (Wildman–Crippen LogP) is 5.77. The number of methoxy groups -OCH3 is 1. The Bertz CT molecular complexity index is 949. The third kappa shape index (κ3) is 9.71. The van der Waals surface area contributed by atoms with Crippen molar-refractivity contribution in [3.63, 3.8) is 0 Å². The van der Waals surface area contributed by atoms with Gasteiger partial charge in [-0.2, -0.15) is 0 Å². The molecule has 6 nitrogen and oxygen atoms in total. The van der Waals surface area contributed by atoms with Crippen LogP contribution in [0.15, 0.2) is 72.3 Å². The molecule has 2 aromatic rings. The number of hydrogen-bond acceptors (Lipinski definition) is 5. The molecular formula is C31H45NO5. The first-order chi connectivity index (χ1) is 17.6. The SMILES string of the molecule is CO[C@H]([C@@H](C)/C=C(\C)C[C@H](C)C(=O)N(C)[C@H](C)[C@H](O)c1ccccc1)[C@@H](C)OCOCc1ccccc1. The van der Waals surface area contributed by atoms with Gasteiger partial charge in [0.25, 0.3) is 0 Å². The molecule has 0 fully saturated rings. The van der Waals surface area contributed by atoms with Crippen molar-refractivity contribution < 1.29 is 24.1 Å². The Morgan fingerprint density at radius 2 is 1.59 bits per heavy atom. The van der Waals surface area contributed by atoms with Crippen molar-refractivity contribution in [2.24, 2.45) is 11.8 Å². The van der Waals surface area contributed by atoms with Gasteiger partial charge in [0.05, 0.1) is 31.0 Å². The van der Waals surface area contributed by atoms with Crippen LogP contribution in [0.5, 0.6) is 0 Å². The van der Waals surface area contributed by atoms with Gasteiger partial charge in [0.1, 0.15) is 6.79 Å². The van der Waals surface area contributed by atoms with Crippen LogP contribution in [0, 0.1) is 11.8 Å². The highest BCUT2D eigenvalue weighted by Gasteiger charge is 2.28. The minimum Gasteiger partial charge on any atom is -0.386 e. The van der Waals surface area contributed by atoms with Crippen LogP contribution < -0.4 is 0 Å². The Hall–Kier alpha value is -2.51. The summed E-state index contributed by atoms with van der Waals surface area (Å²) in [6.07, 6.45) is 1.74. The summed E-state index contributed by atoms with van der Waals surface area (Å²) in [5.41, 5.74) is 3.03. The summed E-state index contributed by atoms with van der Waals surface area (Å²) in [7, 11) is 3.45. The largest absolute Gasteiger partial charge is 0.386 e. The molecule has 0 spiro atoms. The summed E-state index contributed by atoms with van der Waals surface area (Å²) in [6.45, 7) is 10.6. The van der Waals surface area contributed by atoms with E-state index in [9.17, 15) is 9.90 Å². The fraction of sp³-hybridized carbons (Fsp3) is 0.516. The number of aliphatic hydroxyl groups is 1. The fourth-order valence-electron chi connectivity index (χ4n) is 4.69. The van der Waals surface area contributed by atoms with Crippen molar-refractivity contribution in [3.8, 4) is 0 Å².